The van der Waals surface area contributed by atoms with Crippen LogP contribution in [0.2, 0.25) is 0 Å². The van der Waals surface area contributed by atoms with Crippen molar-refractivity contribution in [2.24, 2.45) is 0 Å². The van der Waals surface area contributed by atoms with E-state index in [9.17, 15) is 24.8 Å². The average Bonchev–Trinajstić information content (AvgIpc) is 3.18. The minimum Gasteiger partial charge on any atom is -0.507 e. The molecule has 38 heavy (non-hydrogen) atoms. The van der Waals surface area contributed by atoms with Gasteiger partial charge < -0.3 is 19.6 Å². The van der Waals surface area contributed by atoms with Gasteiger partial charge in [-0.2, -0.15) is 0 Å². The number of methoxy groups -OCH3 is 1. The fraction of sp³-hybridized carbons (Fsp3) is 0.448. The molecule has 0 radical (unpaired) electrons. The van der Waals surface area contributed by atoms with Crippen molar-refractivity contribution in [3.8, 4) is 5.75 Å². The molecule has 1 amide bonds. The standard InChI is InChI=1S/C29H37N3O6/c1-4-6-17-30(18-7-5-2)19-8-20-31-26(21-11-15-24(38-3)16-12-21)25(28(34)29(31)35)27(33)22-9-13-23(14-10-22)32(36)37/h9-16,26,33H,4-8,17-20H2,1-3H3/t26-/m1/s1. The fourth-order valence-corrected chi connectivity index (χ4v) is 4.70. The van der Waals surface area contributed by atoms with E-state index in [1.165, 1.54) is 29.2 Å². The molecule has 3 rings (SSSR count). The number of aliphatic hydroxyl groups is 1. The highest BCUT2D eigenvalue weighted by Crippen LogP contribution is 2.40. The number of unbranched alkanes of at least 4 members (excludes halogenated alkanes) is 2. The monoisotopic (exact) mass is 523 g/mol. The van der Waals surface area contributed by atoms with Crippen LogP contribution in [0, 0.1) is 10.1 Å². The minimum absolute atomic E-state index is 0.0251. The van der Waals surface area contributed by atoms with Gasteiger partial charge in [-0.05, 0) is 68.7 Å². The van der Waals surface area contributed by atoms with Crippen molar-refractivity contribution in [3.05, 3.63) is 75.3 Å². The second kappa shape index (κ2) is 13.7. The van der Waals surface area contributed by atoms with Gasteiger partial charge in [0.15, 0.2) is 0 Å². The number of likely N-dealkylation sites (tertiary alicyclic amines) is 1. The van der Waals surface area contributed by atoms with Gasteiger partial charge in [0.05, 0.1) is 23.6 Å². The number of carbonyl (C=O) groups excluding carboxylic acids is 2. The Kier molecular flexibility index (Phi) is 10.4. The zero-order valence-corrected chi connectivity index (χ0v) is 22.4. The number of non-ortho nitro benzene ring substituents is 1. The Balaban J connectivity index is 1.94. The van der Waals surface area contributed by atoms with E-state index in [0.717, 1.165) is 45.3 Å². The normalized spacial score (nSPS) is 16.8. The Bertz CT molecular complexity index is 1140. The highest BCUT2D eigenvalue weighted by atomic mass is 16.6. The van der Waals surface area contributed by atoms with E-state index in [-0.39, 0.29) is 22.6 Å². The van der Waals surface area contributed by atoms with E-state index in [1.54, 1.807) is 31.4 Å². The molecule has 1 heterocycles. The molecular weight excluding hydrogens is 486 g/mol. The van der Waals surface area contributed by atoms with Crippen LogP contribution >= 0.6 is 0 Å². The molecule has 1 N–H and O–H groups in total. The van der Waals surface area contributed by atoms with Crippen LogP contribution in [0.4, 0.5) is 5.69 Å². The molecule has 1 fully saturated rings. The van der Waals surface area contributed by atoms with E-state index >= 15 is 0 Å². The van der Waals surface area contributed by atoms with E-state index < -0.39 is 22.7 Å². The Morgan fingerprint density at radius 3 is 2.08 bits per heavy atom. The van der Waals surface area contributed by atoms with Crippen molar-refractivity contribution in [3.63, 3.8) is 0 Å². The summed E-state index contributed by atoms with van der Waals surface area (Å²) < 4.78 is 5.26. The highest BCUT2D eigenvalue weighted by molar-refractivity contribution is 6.46. The second-order valence-corrected chi connectivity index (χ2v) is 9.47. The lowest BCUT2D eigenvalue weighted by atomic mass is 9.95. The molecule has 0 aliphatic carbocycles. The Morgan fingerprint density at radius 1 is 0.974 bits per heavy atom. The maximum absolute atomic E-state index is 13.2. The number of ether oxygens (including phenoxy) is 1. The minimum atomic E-state index is -0.782. The molecule has 0 unspecified atom stereocenters. The fourth-order valence-electron chi connectivity index (χ4n) is 4.70. The lowest BCUT2D eigenvalue weighted by Crippen LogP contribution is -2.34. The van der Waals surface area contributed by atoms with Crippen molar-refractivity contribution < 1.29 is 24.4 Å². The van der Waals surface area contributed by atoms with Gasteiger partial charge in [0.1, 0.15) is 11.5 Å². The van der Waals surface area contributed by atoms with Crippen LogP contribution in [-0.2, 0) is 9.59 Å². The number of nitro groups is 1. The smallest absolute Gasteiger partial charge is 0.295 e. The van der Waals surface area contributed by atoms with Crippen molar-refractivity contribution in [1.29, 1.82) is 0 Å². The van der Waals surface area contributed by atoms with Gasteiger partial charge in [0.2, 0.25) is 0 Å². The van der Waals surface area contributed by atoms with Gasteiger partial charge >= 0.3 is 0 Å². The number of rotatable bonds is 14. The van der Waals surface area contributed by atoms with Crippen LogP contribution in [0.1, 0.15) is 63.1 Å². The third kappa shape index (κ3) is 6.77. The Hall–Kier alpha value is -3.72. The zero-order valence-electron chi connectivity index (χ0n) is 22.4. The lowest BCUT2D eigenvalue weighted by molar-refractivity contribution is -0.384. The van der Waals surface area contributed by atoms with Crippen LogP contribution in [-0.4, -0.2) is 64.8 Å². The number of carbonyl (C=O) groups is 2. The van der Waals surface area contributed by atoms with Crippen molar-refractivity contribution in [2.45, 2.75) is 52.0 Å². The molecular formula is C29H37N3O6. The Morgan fingerprint density at radius 2 is 1.55 bits per heavy atom. The molecule has 2 aromatic carbocycles. The molecule has 0 spiro atoms. The van der Waals surface area contributed by atoms with Crippen LogP contribution in [0.15, 0.2) is 54.1 Å². The summed E-state index contributed by atoms with van der Waals surface area (Å²) in [6, 6.07) is 11.5. The van der Waals surface area contributed by atoms with E-state index in [4.69, 9.17) is 4.74 Å². The first-order chi connectivity index (χ1) is 18.3. The first kappa shape index (κ1) is 28.8. The number of benzene rings is 2. The summed E-state index contributed by atoms with van der Waals surface area (Å²) in [7, 11) is 1.55. The lowest BCUT2D eigenvalue weighted by Gasteiger charge is -2.27. The third-order valence-corrected chi connectivity index (χ3v) is 6.85. The number of nitrogens with zero attached hydrogens (tertiary/aromatic N) is 3. The van der Waals surface area contributed by atoms with Crippen molar-refractivity contribution >= 4 is 23.1 Å². The molecule has 0 saturated carbocycles. The van der Waals surface area contributed by atoms with Gasteiger partial charge in [-0.1, -0.05) is 38.8 Å². The quantitative estimate of drug-likeness (QED) is 0.117. The maximum Gasteiger partial charge on any atom is 0.295 e. The van der Waals surface area contributed by atoms with Crippen LogP contribution < -0.4 is 4.74 Å². The number of hydrogen-bond donors (Lipinski definition) is 1. The molecule has 0 aromatic heterocycles. The van der Waals surface area contributed by atoms with Gasteiger partial charge in [0, 0.05) is 24.2 Å². The predicted molar refractivity (Wildman–Crippen MR) is 146 cm³/mol. The predicted octanol–water partition coefficient (Wildman–Crippen LogP) is 5.32. The number of nitro benzene ring substituents is 1. The molecule has 1 atom stereocenters. The topological polar surface area (TPSA) is 113 Å². The van der Waals surface area contributed by atoms with E-state index in [2.05, 4.69) is 18.7 Å². The number of aliphatic hydroxyl groups excluding tert-OH is 1. The average molecular weight is 524 g/mol. The summed E-state index contributed by atoms with van der Waals surface area (Å²) in [6.07, 6.45) is 5.12. The van der Waals surface area contributed by atoms with Gasteiger partial charge in [0.25, 0.3) is 17.4 Å². The van der Waals surface area contributed by atoms with Crippen LogP contribution in [0.3, 0.4) is 0 Å². The molecule has 1 aliphatic heterocycles. The number of Topliss-reactive ketones (excluding diaryl/α,β-unsaturated/α-hetero) is 1. The molecule has 204 valence electrons. The van der Waals surface area contributed by atoms with E-state index in [1.807, 2.05) is 0 Å². The maximum atomic E-state index is 13.2. The van der Waals surface area contributed by atoms with Gasteiger partial charge in [-0.15, -0.1) is 0 Å². The number of ketones is 1. The third-order valence-electron chi connectivity index (χ3n) is 6.85. The largest absolute Gasteiger partial charge is 0.507 e. The molecule has 9 nitrogen and oxygen atoms in total. The summed E-state index contributed by atoms with van der Waals surface area (Å²) in [5.74, 6) is -1.16. The molecule has 0 bridgehead atoms. The van der Waals surface area contributed by atoms with Crippen LogP contribution in [0.5, 0.6) is 5.75 Å². The second-order valence-electron chi connectivity index (χ2n) is 9.47. The van der Waals surface area contributed by atoms with E-state index in [0.29, 0.717) is 24.3 Å². The molecule has 2 aromatic rings. The van der Waals surface area contributed by atoms with Gasteiger partial charge in [-0.25, -0.2) is 0 Å². The summed E-state index contributed by atoms with van der Waals surface area (Å²) in [5, 5.41) is 22.2. The van der Waals surface area contributed by atoms with Crippen molar-refractivity contribution in [1.82, 2.24) is 9.80 Å². The summed E-state index contributed by atoms with van der Waals surface area (Å²) in [5.41, 5.74) is 0.743. The number of amides is 1. The SMILES string of the molecule is CCCCN(CCCC)CCCN1C(=O)C(=O)C(=C(O)c2ccc([N+](=O)[O-])cc2)[C@H]1c1ccc(OC)cc1. The molecule has 9 heteroatoms. The Labute approximate surface area is 223 Å². The first-order valence-corrected chi connectivity index (χ1v) is 13.2. The van der Waals surface area contributed by atoms with Crippen molar-refractivity contribution in [2.75, 3.05) is 33.3 Å². The summed E-state index contributed by atoms with van der Waals surface area (Å²) in [4.78, 5) is 40.9. The molecule has 1 saturated heterocycles. The van der Waals surface area contributed by atoms with Gasteiger partial charge in [-0.3, -0.25) is 19.7 Å². The zero-order chi connectivity index (χ0) is 27.7. The summed E-state index contributed by atoms with van der Waals surface area (Å²) in [6.45, 7) is 7.48. The van der Waals surface area contributed by atoms with Crippen LogP contribution in [0.25, 0.3) is 5.76 Å². The highest BCUT2D eigenvalue weighted by Gasteiger charge is 2.45. The first-order valence-electron chi connectivity index (χ1n) is 13.2. The summed E-state index contributed by atoms with van der Waals surface area (Å²) >= 11 is 0. The molecule has 1 aliphatic rings. The number of hydrogen-bond acceptors (Lipinski definition) is 7.